The number of aliphatic hydroxyl groups is 1. The van der Waals surface area contributed by atoms with Crippen molar-refractivity contribution in [3.63, 3.8) is 0 Å². The first kappa shape index (κ1) is 24.9. The third-order valence-electron chi connectivity index (χ3n) is 6.29. The van der Waals surface area contributed by atoms with Crippen LogP contribution in [0.2, 0.25) is 5.02 Å². The Labute approximate surface area is 223 Å². The predicted octanol–water partition coefficient (Wildman–Crippen LogP) is 6.28. The first-order chi connectivity index (χ1) is 17.6. The van der Waals surface area contributed by atoms with Gasteiger partial charge in [-0.05, 0) is 53.4 Å². The number of Topliss-reactive ketones (excluding diaryl/α,β-unsaturated/α-hetero) is 1. The van der Waals surface area contributed by atoms with Gasteiger partial charge in [-0.25, -0.2) is 4.98 Å². The first-order valence-electron chi connectivity index (χ1n) is 11.6. The lowest BCUT2D eigenvalue weighted by atomic mass is 9.87. The molecule has 3 heterocycles. The van der Waals surface area contributed by atoms with Crippen molar-refractivity contribution in [2.24, 2.45) is 0 Å². The van der Waals surface area contributed by atoms with Gasteiger partial charge in [0.05, 0.1) is 33.6 Å². The summed E-state index contributed by atoms with van der Waals surface area (Å²) < 4.78 is 6.09. The number of benzene rings is 2. The number of fused-ring (bicyclic) bond motifs is 1. The number of anilines is 1. The van der Waals surface area contributed by atoms with E-state index in [2.05, 4.69) is 36.8 Å². The Hall–Kier alpha value is -3.75. The fourth-order valence-corrected chi connectivity index (χ4v) is 5.59. The number of carbonyl (C=O) groups is 2. The zero-order valence-electron chi connectivity index (χ0n) is 20.7. The maximum atomic E-state index is 13.4. The molecule has 1 aliphatic rings. The Kier molecular flexibility index (Phi) is 6.25. The highest BCUT2D eigenvalue weighted by Gasteiger charge is 2.48. The zero-order valence-corrected chi connectivity index (χ0v) is 22.2. The van der Waals surface area contributed by atoms with Crippen molar-refractivity contribution >= 4 is 55.7 Å². The molecule has 0 saturated carbocycles. The van der Waals surface area contributed by atoms with Gasteiger partial charge < -0.3 is 9.84 Å². The first-order valence-corrected chi connectivity index (χ1v) is 12.8. The molecule has 7 nitrogen and oxygen atoms in total. The quantitative estimate of drug-likeness (QED) is 0.188. The Morgan fingerprint density at radius 1 is 1.11 bits per heavy atom. The number of nitrogens with zero attached hydrogens (tertiary/aromatic N) is 3. The molecule has 1 fully saturated rings. The number of hydrogen-bond acceptors (Lipinski definition) is 7. The fourth-order valence-electron chi connectivity index (χ4n) is 4.30. The number of halogens is 1. The molecule has 1 amide bonds. The number of ether oxygens (including phenoxy) is 1. The Morgan fingerprint density at radius 3 is 2.54 bits per heavy atom. The summed E-state index contributed by atoms with van der Waals surface area (Å²) in [6.45, 7) is 6.38. The number of aliphatic hydroxyl groups excluding tert-OH is 1. The minimum absolute atomic E-state index is 0.0599. The Morgan fingerprint density at radius 2 is 1.89 bits per heavy atom. The second kappa shape index (κ2) is 9.28. The van der Waals surface area contributed by atoms with Gasteiger partial charge in [0.1, 0.15) is 17.6 Å². The monoisotopic (exact) mass is 533 g/mol. The molecular weight excluding hydrogens is 510 g/mol. The topological polar surface area (TPSA) is 92.6 Å². The van der Waals surface area contributed by atoms with Crippen LogP contribution in [0.5, 0.6) is 5.75 Å². The molecule has 0 spiro atoms. The van der Waals surface area contributed by atoms with Crippen LogP contribution in [0.15, 0.2) is 66.4 Å². The maximum Gasteiger partial charge on any atom is 0.301 e. The van der Waals surface area contributed by atoms with E-state index in [0.717, 1.165) is 15.8 Å². The predicted molar refractivity (Wildman–Crippen MR) is 145 cm³/mol. The van der Waals surface area contributed by atoms with Gasteiger partial charge in [0.25, 0.3) is 5.78 Å². The summed E-state index contributed by atoms with van der Waals surface area (Å²) in [6.07, 6.45) is 1.58. The van der Waals surface area contributed by atoms with Crippen LogP contribution < -0.4 is 9.64 Å². The molecule has 0 aliphatic carbocycles. The summed E-state index contributed by atoms with van der Waals surface area (Å²) in [5, 5.41) is 11.9. The van der Waals surface area contributed by atoms with Gasteiger partial charge in [0, 0.05) is 11.8 Å². The lowest BCUT2D eigenvalue weighted by molar-refractivity contribution is -0.132. The van der Waals surface area contributed by atoms with E-state index in [1.54, 1.807) is 36.5 Å². The standard InChI is InChI=1S/C28H24ClN3O4S/c1-28(2,3)16-9-10-18-21(14-16)37-27(31-18)32-23(19-7-5-6-12-30-19)22(25(34)26(32)35)24(33)15-8-11-20(36-4)17(29)13-15/h5-14,23,33H,1-4H3/b24-22+. The lowest BCUT2D eigenvalue weighted by Gasteiger charge is -2.22. The normalized spacial score (nSPS) is 17.5. The zero-order chi connectivity index (χ0) is 26.5. The SMILES string of the molecule is COc1ccc(/C(O)=C2\C(=O)C(=O)N(c3nc4ccc(C(C)(C)C)cc4s3)C2c2ccccn2)cc1Cl. The number of rotatable bonds is 4. The molecule has 1 saturated heterocycles. The fraction of sp³-hybridized carbons (Fsp3) is 0.214. The minimum atomic E-state index is -0.968. The third-order valence-corrected chi connectivity index (χ3v) is 7.60. The second-order valence-corrected chi connectivity index (χ2v) is 11.1. The summed E-state index contributed by atoms with van der Waals surface area (Å²) in [4.78, 5) is 37.2. The smallest absolute Gasteiger partial charge is 0.301 e. The van der Waals surface area contributed by atoms with Gasteiger partial charge >= 0.3 is 5.91 Å². The van der Waals surface area contributed by atoms with Gasteiger partial charge in [-0.15, -0.1) is 0 Å². The van der Waals surface area contributed by atoms with Crippen LogP contribution in [0.1, 0.15) is 43.6 Å². The molecule has 4 aromatic rings. The minimum Gasteiger partial charge on any atom is -0.507 e. The highest BCUT2D eigenvalue weighted by molar-refractivity contribution is 7.22. The molecular formula is C28H24ClN3O4S. The van der Waals surface area contributed by atoms with E-state index in [1.807, 2.05) is 12.1 Å². The van der Waals surface area contributed by atoms with E-state index in [1.165, 1.54) is 29.4 Å². The third kappa shape index (κ3) is 4.36. The molecule has 5 rings (SSSR count). The Balaban J connectivity index is 1.69. The van der Waals surface area contributed by atoms with E-state index < -0.39 is 17.7 Å². The van der Waals surface area contributed by atoms with E-state index in [9.17, 15) is 14.7 Å². The molecule has 2 aromatic carbocycles. The van der Waals surface area contributed by atoms with Gasteiger partial charge in [-0.3, -0.25) is 19.5 Å². The number of thiazole rings is 1. The van der Waals surface area contributed by atoms with E-state index in [4.69, 9.17) is 16.3 Å². The molecule has 0 radical (unpaired) electrons. The highest BCUT2D eigenvalue weighted by Crippen LogP contribution is 2.44. The van der Waals surface area contributed by atoms with Crippen LogP contribution in [0.25, 0.3) is 16.0 Å². The number of ketones is 1. The summed E-state index contributed by atoms with van der Waals surface area (Å²) in [7, 11) is 1.48. The van der Waals surface area contributed by atoms with Crippen LogP contribution in [0.4, 0.5) is 5.13 Å². The molecule has 37 heavy (non-hydrogen) atoms. The number of carbonyl (C=O) groups excluding carboxylic acids is 2. The molecule has 188 valence electrons. The molecule has 2 aromatic heterocycles. The number of amides is 1. The summed E-state index contributed by atoms with van der Waals surface area (Å²) in [5.41, 5.74) is 2.42. The van der Waals surface area contributed by atoms with Crippen LogP contribution in [-0.2, 0) is 15.0 Å². The number of hydrogen-bond donors (Lipinski definition) is 1. The van der Waals surface area contributed by atoms with Crippen molar-refractivity contribution in [3.8, 4) is 5.75 Å². The van der Waals surface area contributed by atoms with Crippen LogP contribution in [-0.4, -0.2) is 33.9 Å². The van der Waals surface area contributed by atoms with E-state index in [0.29, 0.717) is 16.6 Å². The largest absolute Gasteiger partial charge is 0.507 e. The molecule has 1 N–H and O–H groups in total. The molecule has 9 heteroatoms. The summed E-state index contributed by atoms with van der Waals surface area (Å²) in [5.74, 6) is -1.54. The molecule has 0 bridgehead atoms. The summed E-state index contributed by atoms with van der Waals surface area (Å²) in [6, 6.07) is 14.9. The van der Waals surface area contributed by atoms with Crippen molar-refractivity contribution in [2.45, 2.75) is 32.2 Å². The van der Waals surface area contributed by atoms with Crippen molar-refractivity contribution in [1.82, 2.24) is 9.97 Å². The molecule has 1 unspecified atom stereocenters. The molecule has 1 aliphatic heterocycles. The highest BCUT2D eigenvalue weighted by atomic mass is 35.5. The summed E-state index contributed by atoms with van der Waals surface area (Å²) >= 11 is 7.59. The lowest BCUT2D eigenvalue weighted by Crippen LogP contribution is -2.29. The van der Waals surface area contributed by atoms with Crippen LogP contribution in [0, 0.1) is 0 Å². The Bertz CT molecular complexity index is 1570. The van der Waals surface area contributed by atoms with E-state index in [-0.39, 0.29) is 27.3 Å². The second-order valence-electron chi connectivity index (χ2n) is 9.70. The molecule has 1 atom stereocenters. The number of methoxy groups -OCH3 is 1. The average Bonchev–Trinajstić information content (AvgIpc) is 3.41. The maximum absolute atomic E-state index is 13.4. The van der Waals surface area contributed by atoms with Crippen molar-refractivity contribution in [1.29, 1.82) is 0 Å². The number of aromatic nitrogens is 2. The van der Waals surface area contributed by atoms with Crippen LogP contribution >= 0.6 is 22.9 Å². The van der Waals surface area contributed by atoms with Crippen molar-refractivity contribution in [2.75, 3.05) is 12.0 Å². The van der Waals surface area contributed by atoms with Gasteiger partial charge in [0.2, 0.25) is 0 Å². The van der Waals surface area contributed by atoms with Crippen molar-refractivity contribution in [3.05, 3.63) is 88.2 Å². The van der Waals surface area contributed by atoms with Gasteiger partial charge in [0.15, 0.2) is 5.13 Å². The van der Waals surface area contributed by atoms with Crippen LogP contribution in [0.3, 0.4) is 0 Å². The number of pyridine rings is 1. The van der Waals surface area contributed by atoms with E-state index >= 15 is 0 Å². The average molecular weight is 534 g/mol. The van der Waals surface area contributed by atoms with Gasteiger partial charge in [-0.2, -0.15) is 0 Å². The van der Waals surface area contributed by atoms with Crippen molar-refractivity contribution < 1.29 is 19.4 Å². The van der Waals surface area contributed by atoms with Gasteiger partial charge in [-0.1, -0.05) is 55.8 Å².